The molecule has 0 saturated heterocycles. The predicted molar refractivity (Wildman–Crippen MR) is 76.8 cm³/mol. The Labute approximate surface area is 121 Å². The molecule has 1 unspecified atom stereocenters. The van der Waals surface area contributed by atoms with Gasteiger partial charge in [0.1, 0.15) is 6.10 Å². The Morgan fingerprint density at radius 2 is 2.21 bits per heavy atom. The number of aryl methyl sites for hydroxylation is 3. The summed E-state index contributed by atoms with van der Waals surface area (Å²) in [5.74, 6) is 0. The zero-order valence-electron chi connectivity index (χ0n) is 11.5. The third-order valence-electron chi connectivity index (χ3n) is 3.17. The second-order valence-electron chi connectivity index (χ2n) is 4.67. The second-order valence-corrected chi connectivity index (χ2v) is 5.46. The molecule has 2 aromatic rings. The lowest BCUT2D eigenvalue weighted by atomic mass is 10.1. The monoisotopic (exact) mass is 326 g/mol. The summed E-state index contributed by atoms with van der Waals surface area (Å²) in [6, 6.07) is 1.87. The third-order valence-corrected chi connectivity index (χ3v) is 4.21. The van der Waals surface area contributed by atoms with E-state index in [4.69, 9.17) is 0 Å². The minimum atomic E-state index is -0.569. The topological polar surface area (TPSA) is 55.9 Å². The van der Waals surface area contributed by atoms with E-state index < -0.39 is 6.10 Å². The molecule has 0 bridgehead atoms. The van der Waals surface area contributed by atoms with Crippen molar-refractivity contribution in [1.82, 2.24) is 19.6 Å². The number of rotatable bonds is 5. The maximum absolute atomic E-state index is 10.4. The molecule has 0 spiro atoms. The molecule has 104 valence electrons. The summed E-state index contributed by atoms with van der Waals surface area (Å²) < 4.78 is 4.64. The normalized spacial score (nSPS) is 12.9. The molecule has 1 atom stereocenters. The van der Waals surface area contributed by atoms with Crippen molar-refractivity contribution in [3.05, 3.63) is 33.8 Å². The van der Waals surface area contributed by atoms with Crippen molar-refractivity contribution >= 4 is 15.9 Å². The van der Waals surface area contributed by atoms with Crippen LogP contribution in [0, 0.1) is 6.92 Å². The summed E-state index contributed by atoms with van der Waals surface area (Å²) in [5, 5.41) is 19.0. The molecule has 0 amide bonds. The van der Waals surface area contributed by atoms with Crippen LogP contribution in [0.1, 0.15) is 36.5 Å². The van der Waals surface area contributed by atoms with E-state index in [0.29, 0.717) is 6.42 Å². The van der Waals surface area contributed by atoms with Crippen molar-refractivity contribution in [2.45, 2.75) is 39.3 Å². The van der Waals surface area contributed by atoms with Crippen LogP contribution in [0.15, 0.2) is 16.7 Å². The zero-order chi connectivity index (χ0) is 14.0. The Kier molecular flexibility index (Phi) is 4.42. The van der Waals surface area contributed by atoms with Crippen LogP contribution in [0.25, 0.3) is 0 Å². The summed E-state index contributed by atoms with van der Waals surface area (Å²) in [5.41, 5.74) is 2.79. The summed E-state index contributed by atoms with van der Waals surface area (Å²) in [7, 11) is 1.89. The van der Waals surface area contributed by atoms with Gasteiger partial charge in [0.25, 0.3) is 0 Å². The molecule has 2 heterocycles. The molecule has 5 nitrogen and oxygen atoms in total. The molecule has 0 fully saturated rings. The van der Waals surface area contributed by atoms with E-state index in [0.717, 1.165) is 34.5 Å². The van der Waals surface area contributed by atoms with Crippen LogP contribution < -0.4 is 0 Å². The lowest BCUT2D eigenvalue weighted by Crippen LogP contribution is -2.13. The fourth-order valence-corrected chi connectivity index (χ4v) is 2.71. The van der Waals surface area contributed by atoms with Gasteiger partial charge in [-0.3, -0.25) is 9.36 Å². The minimum Gasteiger partial charge on any atom is -0.386 e. The van der Waals surface area contributed by atoms with Gasteiger partial charge in [-0.1, -0.05) is 6.92 Å². The fourth-order valence-electron chi connectivity index (χ4n) is 2.21. The number of aromatic nitrogens is 4. The van der Waals surface area contributed by atoms with Crippen LogP contribution >= 0.6 is 15.9 Å². The van der Waals surface area contributed by atoms with E-state index in [2.05, 4.69) is 33.1 Å². The Balaban J connectivity index is 2.20. The van der Waals surface area contributed by atoms with Crippen molar-refractivity contribution in [2.24, 2.45) is 7.05 Å². The summed E-state index contributed by atoms with van der Waals surface area (Å²) in [6.45, 7) is 4.87. The molecule has 0 radical (unpaired) electrons. The highest BCUT2D eigenvalue weighted by molar-refractivity contribution is 9.10. The Bertz CT molecular complexity index is 561. The fraction of sp³-hybridized carbons (Fsp3) is 0.538. The minimum absolute atomic E-state index is 0.521. The van der Waals surface area contributed by atoms with Crippen LogP contribution in [0.5, 0.6) is 0 Å². The van der Waals surface area contributed by atoms with Gasteiger partial charge in [-0.15, -0.1) is 0 Å². The van der Waals surface area contributed by atoms with E-state index in [1.54, 1.807) is 6.20 Å². The quantitative estimate of drug-likeness (QED) is 0.917. The van der Waals surface area contributed by atoms with Gasteiger partial charge in [0.05, 0.1) is 21.6 Å². The molecule has 2 rings (SSSR count). The molecule has 0 saturated carbocycles. The first-order valence-corrected chi connectivity index (χ1v) is 7.21. The molecule has 0 aliphatic rings. The van der Waals surface area contributed by atoms with Crippen LogP contribution in [-0.2, 0) is 20.0 Å². The first kappa shape index (κ1) is 14.3. The van der Waals surface area contributed by atoms with Gasteiger partial charge in [0, 0.05) is 26.2 Å². The van der Waals surface area contributed by atoms with Gasteiger partial charge in [-0.25, -0.2) is 0 Å². The molecule has 0 aliphatic heterocycles. The van der Waals surface area contributed by atoms with E-state index >= 15 is 0 Å². The summed E-state index contributed by atoms with van der Waals surface area (Å²) in [6.07, 6.45) is 2.68. The largest absolute Gasteiger partial charge is 0.386 e. The van der Waals surface area contributed by atoms with Crippen molar-refractivity contribution in [3.63, 3.8) is 0 Å². The maximum Gasteiger partial charge on any atom is 0.101 e. The van der Waals surface area contributed by atoms with Crippen molar-refractivity contribution < 1.29 is 5.11 Å². The van der Waals surface area contributed by atoms with Gasteiger partial charge in [-0.05, 0) is 35.3 Å². The van der Waals surface area contributed by atoms with Crippen molar-refractivity contribution in [2.75, 3.05) is 0 Å². The lowest BCUT2D eigenvalue weighted by Gasteiger charge is -2.13. The Morgan fingerprint density at radius 1 is 1.47 bits per heavy atom. The molecule has 19 heavy (non-hydrogen) atoms. The van der Waals surface area contributed by atoms with Crippen LogP contribution in [0.3, 0.4) is 0 Å². The van der Waals surface area contributed by atoms with Gasteiger partial charge in [0.15, 0.2) is 0 Å². The number of aliphatic hydroxyl groups is 1. The van der Waals surface area contributed by atoms with Crippen LogP contribution in [0.2, 0.25) is 0 Å². The molecule has 2 aromatic heterocycles. The molecule has 0 aromatic carbocycles. The highest BCUT2D eigenvalue weighted by Crippen LogP contribution is 2.25. The first-order valence-electron chi connectivity index (χ1n) is 6.42. The van der Waals surface area contributed by atoms with Gasteiger partial charge in [0.2, 0.25) is 0 Å². The second kappa shape index (κ2) is 5.88. The summed E-state index contributed by atoms with van der Waals surface area (Å²) >= 11 is 3.53. The highest BCUT2D eigenvalue weighted by atomic mass is 79.9. The van der Waals surface area contributed by atoms with Crippen LogP contribution in [0.4, 0.5) is 0 Å². The van der Waals surface area contributed by atoms with E-state index in [-0.39, 0.29) is 0 Å². The third kappa shape index (κ3) is 2.90. The number of hydrogen-bond donors (Lipinski definition) is 1. The standard InChI is InChI=1S/C13H19BrN4O/c1-4-7-18-10(5-6-15-18)12(19)8-11-13(14)9(2)16-17(11)3/h5-6,12,19H,4,7-8H2,1-3H3. The Morgan fingerprint density at radius 3 is 2.79 bits per heavy atom. The number of aliphatic hydroxyl groups excluding tert-OH is 1. The number of nitrogens with zero attached hydrogens (tertiary/aromatic N) is 4. The molecule has 0 aliphatic carbocycles. The van der Waals surface area contributed by atoms with Gasteiger partial charge >= 0.3 is 0 Å². The van der Waals surface area contributed by atoms with Gasteiger partial charge in [-0.2, -0.15) is 10.2 Å². The Hall–Kier alpha value is -1.14. The lowest BCUT2D eigenvalue weighted by molar-refractivity contribution is 0.164. The average molecular weight is 327 g/mol. The van der Waals surface area contributed by atoms with Crippen LogP contribution in [-0.4, -0.2) is 24.7 Å². The maximum atomic E-state index is 10.4. The average Bonchev–Trinajstić information content (AvgIpc) is 2.91. The summed E-state index contributed by atoms with van der Waals surface area (Å²) in [4.78, 5) is 0. The van der Waals surface area contributed by atoms with Gasteiger partial charge < -0.3 is 5.11 Å². The van der Waals surface area contributed by atoms with E-state index in [1.807, 2.05) is 29.4 Å². The van der Waals surface area contributed by atoms with Crippen molar-refractivity contribution in [3.8, 4) is 0 Å². The predicted octanol–water partition coefficient (Wildman–Crippen LogP) is 2.37. The first-order chi connectivity index (χ1) is 9.04. The zero-order valence-corrected chi connectivity index (χ0v) is 13.1. The molecule has 1 N–H and O–H groups in total. The molecular weight excluding hydrogens is 308 g/mol. The molecule has 6 heteroatoms. The highest BCUT2D eigenvalue weighted by Gasteiger charge is 2.18. The number of hydrogen-bond acceptors (Lipinski definition) is 3. The SMILES string of the molecule is CCCn1nccc1C(O)Cc1c(Br)c(C)nn1C. The molecular formula is C13H19BrN4O. The smallest absolute Gasteiger partial charge is 0.101 e. The van der Waals surface area contributed by atoms with E-state index in [9.17, 15) is 5.11 Å². The number of halogens is 1. The van der Waals surface area contributed by atoms with Crippen molar-refractivity contribution in [1.29, 1.82) is 0 Å². The van der Waals surface area contributed by atoms with E-state index in [1.165, 1.54) is 0 Å².